The highest BCUT2D eigenvalue weighted by molar-refractivity contribution is 5.77. The summed E-state index contributed by atoms with van der Waals surface area (Å²) in [4.78, 5) is 22.3. The predicted molar refractivity (Wildman–Crippen MR) is 66.2 cm³/mol. The van der Waals surface area contributed by atoms with Crippen LogP contribution in [0.4, 0.5) is 10.1 Å². The molecule has 0 heterocycles. The van der Waals surface area contributed by atoms with Crippen molar-refractivity contribution in [1.29, 1.82) is 0 Å². The zero-order valence-corrected chi connectivity index (χ0v) is 10.9. The molecule has 0 aliphatic rings. The van der Waals surface area contributed by atoms with Crippen LogP contribution in [0.25, 0.3) is 0 Å². The molecule has 0 aromatic heterocycles. The second kappa shape index (κ2) is 5.31. The number of carboxylic acid groups (broad SMARTS) is 1. The van der Waals surface area contributed by atoms with Gasteiger partial charge in [-0.2, -0.15) is 4.39 Å². The van der Waals surface area contributed by atoms with E-state index in [1.165, 1.54) is 24.8 Å². The average molecular weight is 270 g/mol. The molecule has 0 aliphatic heterocycles. The van der Waals surface area contributed by atoms with Crippen LogP contribution in [-0.2, 0) is 11.3 Å². The Labute approximate surface area is 109 Å². The van der Waals surface area contributed by atoms with E-state index in [0.29, 0.717) is 5.56 Å². The molecule has 0 fully saturated rings. The van der Waals surface area contributed by atoms with Crippen molar-refractivity contribution in [3.8, 4) is 0 Å². The van der Waals surface area contributed by atoms with Gasteiger partial charge in [0, 0.05) is 12.6 Å². The topological polar surface area (TPSA) is 83.7 Å². The van der Waals surface area contributed by atoms with Gasteiger partial charge in [0.15, 0.2) is 0 Å². The molecular formula is C12H15FN2O4. The largest absolute Gasteiger partial charge is 0.480 e. The molecule has 0 unspecified atom stereocenters. The van der Waals surface area contributed by atoms with Crippen LogP contribution in [0.1, 0.15) is 19.4 Å². The third-order valence-corrected chi connectivity index (χ3v) is 3.11. The van der Waals surface area contributed by atoms with Crippen LogP contribution in [-0.4, -0.2) is 33.5 Å². The highest BCUT2D eigenvalue weighted by Crippen LogP contribution is 2.21. The number of hydrogen-bond donors (Lipinski definition) is 1. The summed E-state index contributed by atoms with van der Waals surface area (Å²) in [6, 6.07) is 3.54. The normalized spacial score (nSPS) is 11.6. The molecule has 0 radical (unpaired) electrons. The van der Waals surface area contributed by atoms with Crippen molar-refractivity contribution in [3.05, 3.63) is 39.7 Å². The second-order valence-corrected chi connectivity index (χ2v) is 4.76. The van der Waals surface area contributed by atoms with Crippen molar-refractivity contribution < 1.29 is 19.2 Å². The highest BCUT2D eigenvalue weighted by atomic mass is 19.1. The molecule has 1 rings (SSSR count). The molecule has 0 spiro atoms. The van der Waals surface area contributed by atoms with E-state index in [-0.39, 0.29) is 6.54 Å². The molecule has 0 aliphatic carbocycles. The molecular weight excluding hydrogens is 255 g/mol. The van der Waals surface area contributed by atoms with Crippen molar-refractivity contribution in [1.82, 2.24) is 4.90 Å². The lowest BCUT2D eigenvalue weighted by Gasteiger charge is -2.31. The van der Waals surface area contributed by atoms with Gasteiger partial charge in [-0.05, 0) is 32.5 Å². The first-order valence-corrected chi connectivity index (χ1v) is 5.53. The minimum atomic E-state index is -1.11. The van der Waals surface area contributed by atoms with Gasteiger partial charge in [-0.3, -0.25) is 19.8 Å². The maximum absolute atomic E-state index is 13.4. The van der Waals surface area contributed by atoms with Gasteiger partial charge in [0.2, 0.25) is 5.82 Å². The van der Waals surface area contributed by atoms with Crippen LogP contribution >= 0.6 is 0 Å². The van der Waals surface area contributed by atoms with Crippen molar-refractivity contribution in [2.75, 3.05) is 7.05 Å². The summed E-state index contributed by atoms with van der Waals surface area (Å²) in [6.07, 6.45) is 0. The number of hydrogen-bond acceptors (Lipinski definition) is 4. The van der Waals surface area contributed by atoms with Crippen LogP contribution in [0.2, 0.25) is 0 Å². The van der Waals surface area contributed by atoms with Gasteiger partial charge < -0.3 is 5.11 Å². The van der Waals surface area contributed by atoms with Gasteiger partial charge >= 0.3 is 11.7 Å². The summed E-state index contributed by atoms with van der Waals surface area (Å²) in [5, 5.41) is 19.5. The molecule has 0 bridgehead atoms. The Morgan fingerprint density at radius 2 is 2.11 bits per heavy atom. The number of carbonyl (C=O) groups is 1. The number of aliphatic carboxylic acids is 1. The number of rotatable bonds is 5. The van der Waals surface area contributed by atoms with E-state index >= 15 is 0 Å². The molecule has 0 amide bonds. The van der Waals surface area contributed by atoms with Gasteiger partial charge in [-0.1, -0.05) is 6.07 Å². The molecule has 1 aromatic rings. The Kier molecular flexibility index (Phi) is 4.21. The van der Waals surface area contributed by atoms with E-state index in [4.69, 9.17) is 5.11 Å². The second-order valence-electron chi connectivity index (χ2n) is 4.76. The number of nitro groups is 1. The fraction of sp³-hybridized carbons (Fsp3) is 0.417. The lowest BCUT2D eigenvalue weighted by Crippen LogP contribution is -2.47. The number of carboxylic acids is 1. The van der Waals surface area contributed by atoms with E-state index < -0.39 is 27.9 Å². The van der Waals surface area contributed by atoms with Crippen molar-refractivity contribution in [3.63, 3.8) is 0 Å². The molecule has 0 saturated heterocycles. The third kappa shape index (κ3) is 3.25. The van der Waals surface area contributed by atoms with Gasteiger partial charge in [-0.25, -0.2) is 0 Å². The van der Waals surface area contributed by atoms with Crippen molar-refractivity contribution in [2.45, 2.75) is 25.9 Å². The molecule has 0 saturated carbocycles. The first kappa shape index (κ1) is 15.0. The predicted octanol–water partition coefficient (Wildman–Crippen LogP) is 2.03. The number of nitro benzene ring substituents is 1. The summed E-state index contributed by atoms with van der Waals surface area (Å²) < 4.78 is 13.4. The maximum atomic E-state index is 13.4. The highest BCUT2D eigenvalue weighted by Gasteiger charge is 2.32. The van der Waals surface area contributed by atoms with E-state index in [9.17, 15) is 19.3 Å². The summed E-state index contributed by atoms with van der Waals surface area (Å²) >= 11 is 0. The van der Waals surface area contributed by atoms with Crippen molar-refractivity contribution in [2.24, 2.45) is 0 Å². The molecule has 1 aromatic carbocycles. The van der Waals surface area contributed by atoms with Crippen LogP contribution in [0.5, 0.6) is 0 Å². The minimum Gasteiger partial charge on any atom is -0.480 e. The van der Waals surface area contributed by atoms with E-state index in [1.54, 1.807) is 7.05 Å². The fourth-order valence-electron chi connectivity index (χ4n) is 1.43. The van der Waals surface area contributed by atoms with E-state index in [0.717, 1.165) is 12.1 Å². The SMILES string of the molecule is CN(Cc1ccc([N+](=O)[O-])c(F)c1)C(C)(C)C(=O)O. The van der Waals surface area contributed by atoms with Crippen molar-refractivity contribution >= 4 is 11.7 Å². The maximum Gasteiger partial charge on any atom is 0.323 e. The van der Waals surface area contributed by atoms with Gasteiger partial charge in [-0.15, -0.1) is 0 Å². The first-order valence-electron chi connectivity index (χ1n) is 5.53. The van der Waals surface area contributed by atoms with Crippen LogP contribution in [0.3, 0.4) is 0 Å². The molecule has 19 heavy (non-hydrogen) atoms. The third-order valence-electron chi connectivity index (χ3n) is 3.11. The van der Waals surface area contributed by atoms with E-state index in [2.05, 4.69) is 0 Å². The molecule has 7 heteroatoms. The summed E-state index contributed by atoms with van der Waals surface area (Å²) in [5.74, 6) is -1.93. The molecule has 1 N–H and O–H groups in total. The monoisotopic (exact) mass is 270 g/mol. The smallest absolute Gasteiger partial charge is 0.323 e. The van der Waals surface area contributed by atoms with Crippen LogP contribution < -0.4 is 0 Å². The fourth-order valence-corrected chi connectivity index (χ4v) is 1.43. The van der Waals surface area contributed by atoms with E-state index in [1.807, 2.05) is 0 Å². The van der Waals surface area contributed by atoms with Gasteiger partial charge in [0.1, 0.15) is 5.54 Å². The lowest BCUT2D eigenvalue weighted by molar-refractivity contribution is -0.387. The minimum absolute atomic E-state index is 0.175. The Balaban J connectivity index is 2.93. The number of benzene rings is 1. The Hall–Kier alpha value is -2.02. The average Bonchev–Trinajstić information content (AvgIpc) is 2.28. The number of nitrogens with zero attached hydrogens (tertiary/aromatic N) is 2. The first-order chi connectivity index (χ1) is 8.66. The van der Waals surface area contributed by atoms with Crippen LogP contribution in [0.15, 0.2) is 18.2 Å². The Bertz CT molecular complexity index is 516. The molecule has 0 atom stereocenters. The van der Waals surface area contributed by atoms with Crippen LogP contribution in [0, 0.1) is 15.9 Å². The Morgan fingerprint density at radius 3 is 2.53 bits per heavy atom. The number of halogens is 1. The lowest BCUT2D eigenvalue weighted by atomic mass is 10.0. The summed E-state index contributed by atoms with van der Waals surface area (Å²) in [5.41, 5.74) is -1.23. The van der Waals surface area contributed by atoms with Gasteiger partial charge in [0.05, 0.1) is 4.92 Å². The zero-order chi connectivity index (χ0) is 14.8. The summed E-state index contributed by atoms with van der Waals surface area (Å²) in [7, 11) is 1.59. The summed E-state index contributed by atoms with van der Waals surface area (Å²) in [6.45, 7) is 3.22. The Morgan fingerprint density at radius 1 is 1.53 bits per heavy atom. The quantitative estimate of drug-likeness (QED) is 0.653. The standard InChI is InChI=1S/C12H15FN2O4/c1-12(2,11(16)17)14(3)7-8-4-5-10(15(18)19)9(13)6-8/h4-6H,7H2,1-3H3,(H,16,17). The molecule has 104 valence electrons. The molecule has 6 nitrogen and oxygen atoms in total. The zero-order valence-electron chi connectivity index (χ0n) is 10.9. The van der Waals surface area contributed by atoms with Gasteiger partial charge in [0.25, 0.3) is 0 Å². The number of likely N-dealkylation sites (N-methyl/N-ethyl adjacent to an activating group) is 1.